The van der Waals surface area contributed by atoms with Crippen molar-refractivity contribution < 1.29 is 18.3 Å². The van der Waals surface area contributed by atoms with Gasteiger partial charge in [-0.25, -0.2) is 13.1 Å². The lowest BCUT2D eigenvalue weighted by atomic mass is 9.94. The van der Waals surface area contributed by atoms with Crippen LogP contribution in [0.25, 0.3) is 0 Å². The molecular weight excluding hydrogens is 242 g/mol. The van der Waals surface area contributed by atoms with E-state index in [1.54, 1.807) is 13.8 Å². The van der Waals surface area contributed by atoms with E-state index < -0.39 is 21.2 Å². The maximum atomic E-state index is 11.5. The van der Waals surface area contributed by atoms with Crippen molar-refractivity contribution in [1.29, 1.82) is 0 Å². The Hall–Kier alpha value is -0.620. The van der Waals surface area contributed by atoms with Crippen LogP contribution in [0.4, 0.5) is 0 Å². The van der Waals surface area contributed by atoms with Crippen LogP contribution in [0.5, 0.6) is 0 Å². The summed E-state index contributed by atoms with van der Waals surface area (Å²) < 4.78 is 25.6. The number of nitrogens with one attached hydrogen (secondary N) is 1. The number of carbonyl (C=O) groups is 1. The van der Waals surface area contributed by atoms with Crippen LogP contribution in [0.1, 0.15) is 40.5 Å². The fraction of sp³-hybridized carbons (Fsp3) is 0.909. The summed E-state index contributed by atoms with van der Waals surface area (Å²) in [7, 11) is -3.31. The van der Waals surface area contributed by atoms with E-state index in [0.29, 0.717) is 12.3 Å². The minimum absolute atomic E-state index is 0.00120. The normalized spacial score (nSPS) is 14.2. The highest BCUT2D eigenvalue weighted by Crippen LogP contribution is 2.15. The number of aliphatic carboxylic acids is 1. The van der Waals surface area contributed by atoms with E-state index in [1.807, 2.05) is 13.8 Å². The van der Waals surface area contributed by atoms with Crippen molar-refractivity contribution in [2.24, 2.45) is 11.8 Å². The first-order valence-electron chi connectivity index (χ1n) is 5.85. The van der Waals surface area contributed by atoms with Crippen LogP contribution < -0.4 is 4.72 Å². The van der Waals surface area contributed by atoms with E-state index in [2.05, 4.69) is 4.72 Å². The third-order valence-electron chi connectivity index (χ3n) is 2.46. The zero-order valence-corrected chi connectivity index (χ0v) is 11.8. The van der Waals surface area contributed by atoms with Crippen LogP contribution in [0.3, 0.4) is 0 Å². The summed E-state index contributed by atoms with van der Waals surface area (Å²) >= 11 is 0. The highest BCUT2D eigenvalue weighted by molar-refractivity contribution is 7.90. The van der Waals surface area contributed by atoms with Gasteiger partial charge in [-0.05, 0) is 32.1 Å². The van der Waals surface area contributed by atoms with Crippen LogP contribution in [0.15, 0.2) is 0 Å². The van der Waals surface area contributed by atoms with Crippen molar-refractivity contribution in [3.63, 3.8) is 0 Å². The molecule has 0 aromatic heterocycles. The van der Waals surface area contributed by atoms with Crippen LogP contribution in [-0.2, 0) is 14.8 Å². The van der Waals surface area contributed by atoms with E-state index in [9.17, 15) is 13.2 Å². The predicted molar refractivity (Wildman–Crippen MR) is 67.3 cm³/mol. The third-order valence-corrected chi connectivity index (χ3v) is 4.27. The summed E-state index contributed by atoms with van der Waals surface area (Å²) in [6.07, 6.45) is 0.700. The number of carboxylic acid groups (broad SMARTS) is 1. The zero-order chi connectivity index (χ0) is 13.6. The second-order valence-corrected chi connectivity index (χ2v) is 7.36. The number of hydrogen-bond acceptors (Lipinski definition) is 3. The van der Waals surface area contributed by atoms with Gasteiger partial charge in [0, 0.05) is 13.0 Å². The highest BCUT2D eigenvalue weighted by atomic mass is 32.2. The van der Waals surface area contributed by atoms with Gasteiger partial charge in [-0.2, -0.15) is 0 Å². The van der Waals surface area contributed by atoms with Gasteiger partial charge in [0.05, 0.1) is 5.25 Å². The highest BCUT2D eigenvalue weighted by Gasteiger charge is 2.20. The van der Waals surface area contributed by atoms with Gasteiger partial charge >= 0.3 is 5.97 Å². The van der Waals surface area contributed by atoms with Crippen molar-refractivity contribution in [3.05, 3.63) is 0 Å². The Morgan fingerprint density at radius 3 is 2.12 bits per heavy atom. The van der Waals surface area contributed by atoms with Crippen LogP contribution >= 0.6 is 0 Å². The lowest BCUT2D eigenvalue weighted by Gasteiger charge is -2.18. The van der Waals surface area contributed by atoms with Crippen molar-refractivity contribution in [1.82, 2.24) is 4.72 Å². The van der Waals surface area contributed by atoms with Crippen molar-refractivity contribution >= 4 is 16.0 Å². The average Bonchev–Trinajstić information content (AvgIpc) is 2.12. The van der Waals surface area contributed by atoms with E-state index in [4.69, 9.17) is 5.11 Å². The lowest BCUT2D eigenvalue weighted by Crippen LogP contribution is -2.35. The second-order valence-electron chi connectivity index (χ2n) is 5.04. The maximum Gasteiger partial charge on any atom is 0.303 e. The van der Waals surface area contributed by atoms with Crippen LogP contribution in [0.2, 0.25) is 0 Å². The summed E-state index contributed by atoms with van der Waals surface area (Å²) in [4.78, 5) is 10.7. The number of sulfonamides is 1. The third kappa shape index (κ3) is 7.33. The SMILES string of the molecule is CC(C)C[C@H](CNS(=O)(=O)C(C)C)CC(=O)O. The smallest absolute Gasteiger partial charge is 0.303 e. The molecule has 102 valence electrons. The fourth-order valence-electron chi connectivity index (χ4n) is 1.55. The quantitative estimate of drug-likeness (QED) is 0.696. The minimum atomic E-state index is -3.31. The van der Waals surface area contributed by atoms with Crippen molar-refractivity contribution in [2.45, 2.75) is 45.8 Å². The molecular formula is C11H23NO4S. The number of rotatable bonds is 8. The molecule has 0 aromatic carbocycles. The van der Waals surface area contributed by atoms with Gasteiger partial charge in [0.15, 0.2) is 0 Å². The Morgan fingerprint density at radius 2 is 1.76 bits per heavy atom. The molecule has 0 amide bonds. The van der Waals surface area contributed by atoms with E-state index >= 15 is 0 Å². The number of carboxylic acids is 1. The molecule has 0 unspecified atom stereocenters. The topological polar surface area (TPSA) is 83.5 Å². The standard InChI is InChI=1S/C11H23NO4S/c1-8(2)5-10(6-11(13)14)7-12-17(15,16)9(3)4/h8-10,12H,5-7H2,1-4H3,(H,13,14)/t10-/m0/s1. The molecule has 0 bridgehead atoms. The van der Waals surface area contributed by atoms with E-state index in [-0.39, 0.29) is 18.9 Å². The van der Waals surface area contributed by atoms with Gasteiger partial charge in [0.1, 0.15) is 0 Å². The minimum Gasteiger partial charge on any atom is -0.481 e. The molecule has 0 rings (SSSR count). The molecule has 0 aliphatic heterocycles. The molecule has 0 fully saturated rings. The molecule has 0 spiro atoms. The van der Waals surface area contributed by atoms with Gasteiger partial charge in [-0.1, -0.05) is 13.8 Å². The molecule has 0 aromatic rings. The Kier molecular flexibility index (Phi) is 6.70. The van der Waals surface area contributed by atoms with Gasteiger partial charge < -0.3 is 5.11 Å². The first-order valence-corrected chi connectivity index (χ1v) is 7.40. The fourth-order valence-corrected chi connectivity index (χ4v) is 2.35. The van der Waals surface area contributed by atoms with E-state index in [1.165, 1.54) is 0 Å². The Balaban J connectivity index is 4.40. The van der Waals surface area contributed by atoms with Gasteiger partial charge in [0.25, 0.3) is 0 Å². The molecule has 2 N–H and O–H groups in total. The molecule has 0 saturated heterocycles. The molecule has 0 radical (unpaired) electrons. The first kappa shape index (κ1) is 16.4. The lowest BCUT2D eigenvalue weighted by molar-refractivity contribution is -0.138. The van der Waals surface area contributed by atoms with Crippen LogP contribution in [-0.4, -0.2) is 31.3 Å². The molecule has 5 nitrogen and oxygen atoms in total. The Labute approximate surface area is 104 Å². The summed E-state index contributed by atoms with van der Waals surface area (Å²) in [6.45, 7) is 7.37. The predicted octanol–water partition coefficient (Wildman–Crippen LogP) is 1.45. The summed E-state index contributed by atoms with van der Waals surface area (Å²) in [5.74, 6) is -0.691. The zero-order valence-electron chi connectivity index (χ0n) is 10.9. The van der Waals surface area contributed by atoms with Crippen molar-refractivity contribution in [2.75, 3.05) is 6.54 Å². The second kappa shape index (κ2) is 6.96. The summed E-state index contributed by atoms with van der Waals surface area (Å²) in [6, 6.07) is 0. The summed E-state index contributed by atoms with van der Waals surface area (Å²) in [5, 5.41) is 8.26. The Morgan fingerprint density at radius 1 is 1.24 bits per heavy atom. The molecule has 0 aliphatic rings. The molecule has 6 heteroatoms. The molecule has 0 heterocycles. The largest absolute Gasteiger partial charge is 0.481 e. The van der Waals surface area contributed by atoms with Gasteiger partial charge in [-0.15, -0.1) is 0 Å². The first-order chi connectivity index (χ1) is 7.65. The molecule has 1 atom stereocenters. The maximum absolute atomic E-state index is 11.5. The summed E-state index contributed by atoms with van der Waals surface area (Å²) in [5.41, 5.74) is 0. The number of hydrogen-bond donors (Lipinski definition) is 2. The molecule has 17 heavy (non-hydrogen) atoms. The van der Waals surface area contributed by atoms with E-state index in [0.717, 1.165) is 0 Å². The van der Waals surface area contributed by atoms with Crippen LogP contribution in [0, 0.1) is 11.8 Å². The Bertz CT molecular complexity index is 335. The molecule has 0 saturated carbocycles. The van der Waals surface area contributed by atoms with Gasteiger partial charge in [-0.3, -0.25) is 4.79 Å². The van der Waals surface area contributed by atoms with Gasteiger partial charge in [0.2, 0.25) is 10.0 Å². The molecule has 0 aliphatic carbocycles. The van der Waals surface area contributed by atoms with Crippen molar-refractivity contribution in [3.8, 4) is 0 Å². The average molecular weight is 265 g/mol. The monoisotopic (exact) mass is 265 g/mol.